The van der Waals surface area contributed by atoms with E-state index in [0.717, 1.165) is 57.3 Å². The zero-order valence-corrected chi connectivity index (χ0v) is 36.3. The summed E-state index contributed by atoms with van der Waals surface area (Å²) in [6.45, 7) is 4.43. The maximum atomic E-state index is 10.3. The Bertz CT molecular complexity index is 3460. The fraction of sp³-hybridized carbons (Fsp3) is 0.0820. The van der Waals surface area contributed by atoms with Gasteiger partial charge in [0.05, 0.1) is 11.6 Å². The number of nitriles is 1. The van der Waals surface area contributed by atoms with Crippen molar-refractivity contribution in [3.8, 4) is 84.7 Å². The van der Waals surface area contributed by atoms with Gasteiger partial charge in [-0.25, -0.2) is 15.0 Å². The van der Waals surface area contributed by atoms with E-state index in [4.69, 9.17) is 15.0 Å². The first-order chi connectivity index (χ1) is 32.0. The summed E-state index contributed by atoms with van der Waals surface area (Å²) in [5, 5.41) is 12.9. The van der Waals surface area contributed by atoms with E-state index >= 15 is 0 Å². The number of aromatic nitrogens is 3. The number of hydrogen-bond acceptors (Lipinski definition) is 4. The summed E-state index contributed by atoms with van der Waals surface area (Å²) in [7, 11) is 0. The summed E-state index contributed by atoms with van der Waals surface area (Å²) < 4.78 is 0. The van der Waals surface area contributed by atoms with Gasteiger partial charge in [-0.05, 0) is 121 Å². The molecule has 0 radical (unpaired) electrons. The summed E-state index contributed by atoms with van der Waals surface area (Å²) in [5.74, 6) is 2.04. The largest absolute Gasteiger partial charge is 0.208 e. The average Bonchev–Trinajstić information content (AvgIpc) is 3.50. The summed E-state index contributed by atoms with van der Waals surface area (Å²) in [5.41, 5.74) is 18.3. The van der Waals surface area contributed by atoms with E-state index in [0.29, 0.717) is 29.0 Å². The van der Waals surface area contributed by atoms with E-state index < -0.39 is 0 Å². The Labute approximate surface area is 380 Å². The van der Waals surface area contributed by atoms with Crippen molar-refractivity contribution in [3.05, 3.63) is 222 Å². The highest BCUT2D eigenvalue weighted by Gasteiger charge is 2.27. The van der Waals surface area contributed by atoms with Crippen LogP contribution in [0.1, 0.15) is 42.0 Å². The molecule has 0 N–H and O–H groups in total. The van der Waals surface area contributed by atoms with E-state index in [1.54, 1.807) is 0 Å². The summed E-state index contributed by atoms with van der Waals surface area (Å²) >= 11 is 0. The molecule has 9 aromatic rings. The van der Waals surface area contributed by atoms with E-state index in [1.807, 2.05) is 78.9 Å². The molecule has 0 saturated heterocycles. The molecular weight excluding hydrogens is 789 g/mol. The molecule has 0 spiro atoms. The van der Waals surface area contributed by atoms with Gasteiger partial charge in [-0.15, -0.1) is 0 Å². The minimum atomic E-state index is 0.409. The van der Waals surface area contributed by atoms with Gasteiger partial charge in [-0.1, -0.05) is 195 Å². The molecule has 65 heavy (non-hydrogen) atoms. The van der Waals surface area contributed by atoms with E-state index in [2.05, 4.69) is 141 Å². The van der Waals surface area contributed by atoms with Gasteiger partial charge in [0.2, 0.25) is 0 Å². The van der Waals surface area contributed by atoms with E-state index in [-0.39, 0.29) is 0 Å². The highest BCUT2D eigenvalue weighted by Crippen LogP contribution is 2.50. The highest BCUT2D eigenvalue weighted by atomic mass is 15.0. The molecule has 2 aliphatic rings. The monoisotopic (exact) mass is 832 g/mol. The molecule has 0 fully saturated rings. The molecule has 1 unspecified atom stereocenters. The zero-order valence-electron chi connectivity index (χ0n) is 36.3. The van der Waals surface area contributed by atoms with Crippen LogP contribution < -0.4 is 0 Å². The topological polar surface area (TPSA) is 62.5 Å². The van der Waals surface area contributed by atoms with Crippen LogP contribution >= 0.6 is 0 Å². The molecule has 0 saturated carbocycles. The minimum absolute atomic E-state index is 0.409. The Morgan fingerprint density at radius 2 is 1.11 bits per heavy atom. The van der Waals surface area contributed by atoms with Gasteiger partial charge in [0, 0.05) is 16.7 Å². The van der Waals surface area contributed by atoms with Crippen LogP contribution in [0.15, 0.2) is 200 Å². The Kier molecular flexibility index (Phi) is 10.2. The third kappa shape index (κ3) is 7.38. The quantitative estimate of drug-likeness (QED) is 0.145. The summed E-state index contributed by atoms with van der Waals surface area (Å²) in [6.07, 6.45) is 11.7. The van der Waals surface area contributed by atoms with Crippen LogP contribution in [0.25, 0.3) is 101 Å². The van der Waals surface area contributed by atoms with Crippen molar-refractivity contribution in [1.29, 1.82) is 5.26 Å². The smallest absolute Gasteiger partial charge is 0.164 e. The van der Waals surface area contributed by atoms with Gasteiger partial charge in [-0.2, -0.15) is 5.26 Å². The summed E-state index contributed by atoms with van der Waals surface area (Å²) in [6, 6.07) is 63.9. The Balaban J connectivity index is 1.02. The predicted molar refractivity (Wildman–Crippen MR) is 268 cm³/mol. The average molecular weight is 833 g/mol. The second-order valence-corrected chi connectivity index (χ2v) is 17.0. The zero-order chi connectivity index (χ0) is 43.9. The van der Waals surface area contributed by atoms with Crippen LogP contribution in [0.2, 0.25) is 0 Å². The highest BCUT2D eigenvalue weighted by molar-refractivity contribution is 6.23. The molecule has 0 aliphatic heterocycles. The third-order valence-corrected chi connectivity index (χ3v) is 12.8. The van der Waals surface area contributed by atoms with Crippen LogP contribution in [-0.4, -0.2) is 15.0 Å². The molecule has 2 aliphatic carbocycles. The number of aryl methyl sites for hydroxylation is 1. The summed E-state index contributed by atoms with van der Waals surface area (Å²) in [4.78, 5) is 15.2. The molecule has 4 heteroatoms. The van der Waals surface area contributed by atoms with Crippen LogP contribution in [-0.2, 0) is 0 Å². The predicted octanol–water partition coefficient (Wildman–Crippen LogP) is 15.6. The van der Waals surface area contributed by atoms with Gasteiger partial charge >= 0.3 is 0 Å². The molecule has 4 nitrogen and oxygen atoms in total. The normalized spacial score (nSPS) is 13.8. The van der Waals surface area contributed by atoms with Crippen LogP contribution in [0.3, 0.4) is 0 Å². The van der Waals surface area contributed by atoms with Gasteiger partial charge in [0.25, 0.3) is 0 Å². The second kappa shape index (κ2) is 16.8. The molecule has 0 bridgehead atoms. The number of nitrogens with zero attached hydrogens (tertiary/aromatic N) is 4. The Morgan fingerprint density at radius 1 is 0.477 bits per heavy atom. The van der Waals surface area contributed by atoms with Crippen LogP contribution in [0.4, 0.5) is 0 Å². The molecule has 1 atom stereocenters. The molecule has 0 amide bonds. The lowest BCUT2D eigenvalue weighted by atomic mass is 9.87. The first kappa shape index (κ1) is 39.6. The number of benzene rings is 8. The first-order valence-corrected chi connectivity index (χ1v) is 22.4. The van der Waals surface area contributed by atoms with Crippen molar-refractivity contribution in [2.45, 2.75) is 26.7 Å². The molecular formula is C61H44N4. The molecule has 11 rings (SSSR count). The fourth-order valence-corrected chi connectivity index (χ4v) is 9.67. The maximum absolute atomic E-state index is 10.3. The van der Waals surface area contributed by atoms with Gasteiger partial charge in [-0.3, -0.25) is 0 Å². The lowest BCUT2D eigenvalue weighted by molar-refractivity contribution is 0.693. The lowest BCUT2D eigenvalue weighted by Crippen LogP contribution is -2.01. The van der Waals surface area contributed by atoms with Crippen LogP contribution in [0.5, 0.6) is 0 Å². The third-order valence-electron chi connectivity index (χ3n) is 12.8. The van der Waals surface area contributed by atoms with E-state index in [1.165, 1.54) is 55.3 Å². The number of rotatable bonds is 9. The Hall–Kier alpha value is -8.26. The fourth-order valence-electron chi connectivity index (χ4n) is 9.67. The Morgan fingerprint density at radius 3 is 1.88 bits per heavy atom. The molecule has 308 valence electrons. The molecule has 8 aromatic carbocycles. The van der Waals surface area contributed by atoms with Crippen molar-refractivity contribution in [2.75, 3.05) is 0 Å². The SMILES string of the molecule is CCCC1C=CC=C2C(=C1)c1cc(-c3ccccc3-c3cc(C)ccc3-c3cccc(-c4nc(-c5ccccc5)nc(-c5ccc(-c6ccccc6)c(C#N)c5)n4)c3)cc3cccc2c13. The van der Waals surface area contributed by atoms with Crippen LogP contribution in [0, 0.1) is 24.2 Å². The number of hydrogen-bond donors (Lipinski definition) is 0. The lowest BCUT2D eigenvalue weighted by Gasteiger charge is -2.17. The second-order valence-electron chi connectivity index (χ2n) is 17.0. The van der Waals surface area contributed by atoms with Crippen molar-refractivity contribution < 1.29 is 0 Å². The standard InChI is InChI=1S/C61H44N4/c1-3-15-40-16-12-26-53-54-27-14-22-44-35-47(37-57(58(44)54)56(53)33-40)50-24-10-11-25-52(50)55-32-39(2)28-30-51(55)43-21-13-23-45(34-43)60-63-59(42-19-8-5-9-20-42)64-61(65-60)46-29-31-49(48(36-46)38-62)41-17-6-4-7-18-41/h4-14,16-37,40H,3,15H2,1-2H3. The maximum Gasteiger partial charge on any atom is 0.164 e. The van der Waals surface area contributed by atoms with Gasteiger partial charge < -0.3 is 0 Å². The number of allylic oxidation sites excluding steroid dienone is 6. The van der Waals surface area contributed by atoms with E-state index in [9.17, 15) is 5.26 Å². The van der Waals surface area contributed by atoms with Crippen molar-refractivity contribution in [3.63, 3.8) is 0 Å². The number of fused-ring (bicyclic) bond motifs is 3. The molecule has 1 heterocycles. The molecule has 1 aromatic heterocycles. The van der Waals surface area contributed by atoms with Crippen molar-refractivity contribution in [2.24, 2.45) is 5.92 Å². The van der Waals surface area contributed by atoms with Crippen molar-refractivity contribution in [1.82, 2.24) is 15.0 Å². The van der Waals surface area contributed by atoms with Crippen molar-refractivity contribution >= 4 is 21.9 Å². The minimum Gasteiger partial charge on any atom is -0.208 e. The van der Waals surface area contributed by atoms with Gasteiger partial charge in [0.1, 0.15) is 0 Å². The van der Waals surface area contributed by atoms with Gasteiger partial charge in [0.15, 0.2) is 17.5 Å². The first-order valence-electron chi connectivity index (χ1n) is 22.4.